The van der Waals surface area contributed by atoms with Crippen LogP contribution in [-0.2, 0) is 25.7 Å². The van der Waals surface area contributed by atoms with Crippen molar-refractivity contribution >= 4 is 11.9 Å². The molecule has 0 saturated carbocycles. The first-order chi connectivity index (χ1) is 15.2. The van der Waals surface area contributed by atoms with Crippen molar-refractivity contribution in [1.29, 1.82) is 0 Å². The maximum Gasteiger partial charge on any atom is 0.347 e. The van der Waals surface area contributed by atoms with Crippen LogP contribution in [-0.4, -0.2) is 18.0 Å². The Kier molecular flexibility index (Phi) is 8.41. The molecule has 31 heavy (non-hydrogen) atoms. The molecule has 0 heterocycles. The lowest BCUT2D eigenvalue weighted by molar-refractivity contribution is -0.169. The number of carbonyl (C=O) groups excluding carboxylic acids is 2. The minimum Gasteiger partial charge on any atom is -0.458 e. The number of unbranched alkanes of at least 4 members (excludes halogenated alkanes) is 1. The lowest BCUT2D eigenvalue weighted by Gasteiger charge is -2.22. The zero-order valence-electron chi connectivity index (χ0n) is 17.8. The van der Waals surface area contributed by atoms with Gasteiger partial charge in [0.15, 0.2) is 6.10 Å². The van der Waals surface area contributed by atoms with Gasteiger partial charge in [0.25, 0.3) is 0 Å². The Hall–Kier alpha value is -3.40. The molecular formula is C27H28O4. The molecule has 0 N–H and O–H groups in total. The van der Waals surface area contributed by atoms with Crippen LogP contribution in [0.2, 0.25) is 0 Å². The minimum atomic E-state index is -0.925. The first-order valence-electron chi connectivity index (χ1n) is 10.7. The van der Waals surface area contributed by atoms with E-state index < -0.39 is 24.0 Å². The zero-order valence-corrected chi connectivity index (χ0v) is 17.8. The SMILES string of the molecule is CCCC[C@@H](OC(=O)C(c1ccccc1)c1ccccc1)C(=O)OCc1ccccc1. The first-order valence-corrected chi connectivity index (χ1v) is 10.7. The van der Waals surface area contributed by atoms with E-state index in [2.05, 4.69) is 0 Å². The maximum absolute atomic E-state index is 13.3. The fraction of sp³-hybridized carbons (Fsp3) is 0.259. The summed E-state index contributed by atoms with van der Waals surface area (Å²) in [6.07, 6.45) is 1.17. The van der Waals surface area contributed by atoms with Gasteiger partial charge in [-0.3, -0.25) is 4.79 Å². The largest absolute Gasteiger partial charge is 0.458 e. The normalized spacial score (nSPS) is 11.7. The van der Waals surface area contributed by atoms with Crippen LogP contribution in [0.5, 0.6) is 0 Å². The molecule has 3 aromatic rings. The molecule has 3 rings (SSSR count). The van der Waals surface area contributed by atoms with E-state index in [4.69, 9.17) is 9.47 Å². The predicted octanol–water partition coefficient (Wildman–Crippen LogP) is 5.66. The Morgan fingerprint density at radius 2 is 1.26 bits per heavy atom. The van der Waals surface area contributed by atoms with Gasteiger partial charge in [-0.15, -0.1) is 0 Å². The summed E-state index contributed by atoms with van der Waals surface area (Å²) in [5, 5.41) is 0. The van der Waals surface area contributed by atoms with E-state index in [9.17, 15) is 9.59 Å². The summed E-state index contributed by atoms with van der Waals surface area (Å²) < 4.78 is 11.2. The molecule has 0 unspecified atom stereocenters. The van der Waals surface area contributed by atoms with Crippen LogP contribution >= 0.6 is 0 Å². The van der Waals surface area contributed by atoms with Crippen molar-refractivity contribution in [2.24, 2.45) is 0 Å². The predicted molar refractivity (Wildman–Crippen MR) is 120 cm³/mol. The number of rotatable bonds is 10. The van der Waals surface area contributed by atoms with Gasteiger partial charge < -0.3 is 9.47 Å². The summed E-state index contributed by atoms with van der Waals surface area (Å²) >= 11 is 0. The van der Waals surface area contributed by atoms with Crippen LogP contribution < -0.4 is 0 Å². The Morgan fingerprint density at radius 3 is 1.77 bits per heavy atom. The molecule has 0 radical (unpaired) electrons. The van der Waals surface area contributed by atoms with Crippen molar-refractivity contribution in [3.63, 3.8) is 0 Å². The van der Waals surface area contributed by atoms with Gasteiger partial charge in [0, 0.05) is 0 Å². The van der Waals surface area contributed by atoms with E-state index in [0.29, 0.717) is 6.42 Å². The van der Waals surface area contributed by atoms with Crippen LogP contribution in [0.4, 0.5) is 0 Å². The highest BCUT2D eigenvalue weighted by molar-refractivity contribution is 5.85. The smallest absolute Gasteiger partial charge is 0.347 e. The lowest BCUT2D eigenvalue weighted by atomic mass is 9.91. The maximum atomic E-state index is 13.3. The molecule has 1 atom stereocenters. The van der Waals surface area contributed by atoms with E-state index >= 15 is 0 Å². The summed E-state index contributed by atoms with van der Waals surface area (Å²) in [6.45, 7) is 2.19. The second-order valence-electron chi connectivity index (χ2n) is 7.42. The van der Waals surface area contributed by atoms with E-state index in [1.165, 1.54) is 0 Å². The van der Waals surface area contributed by atoms with Crippen molar-refractivity contribution in [2.45, 2.75) is 44.8 Å². The third-order valence-electron chi connectivity index (χ3n) is 5.07. The van der Waals surface area contributed by atoms with Gasteiger partial charge in [-0.2, -0.15) is 0 Å². The fourth-order valence-corrected chi connectivity index (χ4v) is 3.40. The molecular weight excluding hydrogens is 388 g/mol. The molecule has 0 fully saturated rings. The summed E-state index contributed by atoms with van der Waals surface area (Å²) in [4.78, 5) is 26.0. The lowest BCUT2D eigenvalue weighted by Crippen LogP contribution is -2.31. The molecule has 0 amide bonds. The molecule has 4 heteroatoms. The molecule has 3 aromatic carbocycles. The van der Waals surface area contributed by atoms with Crippen LogP contribution in [0.15, 0.2) is 91.0 Å². The molecule has 160 valence electrons. The number of ether oxygens (including phenoxy) is 2. The van der Waals surface area contributed by atoms with E-state index in [0.717, 1.165) is 29.5 Å². The molecule has 0 bridgehead atoms. The Morgan fingerprint density at radius 1 is 0.742 bits per heavy atom. The van der Waals surface area contributed by atoms with E-state index in [1.54, 1.807) is 0 Å². The average molecular weight is 417 g/mol. The standard InChI is InChI=1S/C27H28O4/c1-2-3-19-24(26(28)30-20-21-13-7-4-8-14-21)31-27(29)25(22-15-9-5-10-16-22)23-17-11-6-12-18-23/h4-18,24-25H,2-3,19-20H2,1H3/t24-/m1/s1. The van der Waals surface area contributed by atoms with Gasteiger partial charge in [-0.1, -0.05) is 104 Å². The van der Waals surface area contributed by atoms with Crippen LogP contribution in [0.3, 0.4) is 0 Å². The molecule has 0 aliphatic rings. The summed E-state index contributed by atoms with van der Waals surface area (Å²) in [6, 6.07) is 28.4. The van der Waals surface area contributed by atoms with Crippen molar-refractivity contribution in [1.82, 2.24) is 0 Å². The highest BCUT2D eigenvalue weighted by Crippen LogP contribution is 2.27. The van der Waals surface area contributed by atoms with Crippen molar-refractivity contribution in [2.75, 3.05) is 0 Å². The molecule has 0 aromatic heterocycles. The Balaban J connectivity index is 1.76. The van der Waals surface area contributed by atoms with Gasteiger partial charge in [-0.25, -0.2) is 4.79 Å². The number of hydrogen-bond donors (Lipinski definition) is 0. The summed E-state index contributed by atoms with van der Waals surface area (Å²) in [5.41, 5.74) is 2.54. The minimum absolute atomic E-state index is 0.153. The quantitative estimate of drug-likeness (QED) is 0.400. The van der Waals surface area contributed by atoms with E-state index in [1.807, 2.05) is 97.9 Å². The van der Waals surface area contributed by atoms with Crippen molar-refractivity contribution in [3.05, 3.63) is 108 Å². The van der Waals surface area contributed by atoms with E-state index in [-0.39, 0.29) is 6.61 Å². The Bertz CT molecular complexity index is 899. The van der Waals surface area contributed by atoms with Crippen LogP contribution in [0.1, 0.15) is 48.8 Å². The third-order valence-corrected chi connectivity index (χ3v) is 5.07. The summed E-state index contributed by atoms with van der Waals surface area (Å²) in [5.74, 6) is -1.56. The number of benzene rings is 3. The molecule has 0 aliphatic heterocycles. The highest BCUT2D eigenvalue weighted by Gasteiger charge is 2.30. The number of hydrogen-bond acceptors (Lipinski definition) is 4. The van der Waals surface area contributed by atoms with Gasteiger partial charge in [-0.05, 0) is 29.5 Å². The topological polar surface area (TPSA) is 52.6 Å². The third kappa shape index (κ3) is 6.54. The van der Waals surface area contributed by atoms with Crippen molar-refractivity contribution < 1.29 is 19.1 Å². The molecule has 0 saturated heterocycles. The zero-order chi connectivity index (χ0) is 21.9. The van der Waals surface area contributed by atoms with Crippen molar-refractivity contribution in [3.8, 4) is 0 Å². The monoisotopic (exact) mass is 416 g/mol. The summed E-state index contributed by atoms with van der Waals surface area (Å²) in [7, 11) is 0. The van der Waals surface area contributed by atoms with Crippen LogP contribution in [0.25, 0.3) is 0 Å². The van der Waals surface area contributed by atoms with Gasteiger partial charge in [0.05, 0.1) is 0 Å². The second kappa shape index (κ2) is 11.7. The van der Waals surface area contributed by atoms with Gasteiger partial charge in [0.1, 0.15) is 12.5 Å². The van der Waals surface area contributed by atoms with Gasteiger partial charge >= 0.3 is 11.9 Å². The molecule has 0 aliphatic carbocycles. The number of carbonyl (C=O) groups is 2. The molecule has 0 spiro atoms. The first kappa shape index (κ1) is 22.3. The molecule has 4 nitrogen and oxygen atoms in total. The average Bonchev–Trinajstić information content (AvgIpc) is 2.82. The highest BCUT2D eigenvalue weighted by atomic mass is 16.6. The fourth-order valence-electron chi connectivity index (χ4n) is 3.40. The Labute approximate surface area is 183 Å². The second-order valence-corrected chi connectivity index (χ2v) is 7.42. The van der Waals surface area contributed by atoms with Gasteiger partial charge in [0.2, 0.25) is 0 Å². The van der Waals surface area contributed by atoms with Crippen LogP contribution in [0, 0.1) is 0 Å². The number of esters is 2.